The SMILES string of the molecule is CC(CN)c1noc(-c2ccn[nH]2)n1. The second-order valence-electron chi connectivity index (χ2n) is 3.06. The van der Waals surface area contributed by atoms with Crippen LogP contribution in [0.4, 0.5) is 0 Å². The smallest absolute Gasteiger partial charge is 0.275 e. The van der Waals surface area contributed by atoms with Crippen molar-refractivity contribution in [3.63, 3.8) is 0 Å². The zero-order valence-electron chi connectivity index (χ0n) is 7.77. The fourth-order valence-electron chi connectivity index (χ4n) is 1.02. The van der Waals surface area contributed by atoms with Crippen molar-refractivity contribution in [1.82, 2.24) is 20.3 Å². The van der Waals surface area contributed by atoms with Crippen LogP contribution < -0.4 is 5.73 Å². The molecule has 0 bridgehead atoms. The second-order valence-corrected chi connectivity index (χ2v) is 3.06. The van der Waals surface area contributed by atoms with Crippen molar-refractivity contribution >= 4 is 0 Å². The van der Waals surface area contributed by atoms with Gasteiger partial charge in [0.25, 0.3) is 5.89 Å². The summed E-state index contributed by atoms with van der Waals surface area (Å²) in [5.74, 6) is 1.17. The van der Waals surface area contributed by atoms with E-state index in [1.807, 2.05) is 6.92 Å². The Labute approximate surface area is 80.5 Å². The summed E-state index contributed by atoms with van der Waals surface area (Å²) in [7, 11) is 0. The molecule has 14 heavy (non-hydrogen) atoms. The summed E-state index contributed by atoms with van der Waals surface area (Å²) in [6, 6.07) is 1.77. The molecule has 0 aliphatic carbocycles. The van der Waals surface area contributed by atoms with Gasteiger partial charge in [0, 0.05) is 18.7 Å². The highest BCUT2D eigenvalue weighted by Crippen LogP contribution is 2.16. The number of nitrogens with two attached hydrogens (primary N) is 1. The fraction of sp³-hybridized carbons (Fsp3) is 0.375. The topological polar surface area (TPSA) is 93.6 Å². The normalized spacial score (nSPS) is 13.0. The number of nitrogens with zero attached hydrogens (tertiary/aromatic N) is 3. The van der Waals surface area contributed by atoms with Gasteiger partial charge in [0.2, 0.25) is 0 Å². The summed E-state index contributed by atoms with van der Waals surface area (Å²) in [6.07, 6.45) is 1.63. The van der Waals surface area contributed by atoms with Crippen LogP contribution in [-0.4, -0.2) is 26.9 Å². The van der Waals surface area contributed by atoms with Crippen LogP contribution in [-0.2, 0) is 0 Å². The highest BCUT2D eigenvalue weighted by atomic mass is 16.5. The molecule has 0 fully saturated rings. The lowest BCUT2D eigenvalue weighted by molar-refractivity contribution is 0.416. The highest BCUT2D eigenvalue weighted by molar-refractivity contribution is 5.44. The Morgan fingerprint density at radius 1 is 1.64 bits per heavy atom. The Hall–Kier alpha value is -1.69. The minimum absolute atomic E-state index is 0.107. The summed E-state index contributed by atoms with van der Waals surface area (Å²) in [4.78, 5) is 4.19. The van der Waals surface area contributed by atoms with Crippen molar-refractivity contribution in [1.29, 1.82) is 0 Å². The predicted molar refractivity (Wildman–Crippen MR) is 49.3 cm³/mol. The quantitative estimate of drug-likeness (QED) is 0.741. The summed E-state index contributed by atoms with van der Waals surface area (Å²) in [5, 5.41) is 10.4. The summed E-state index contributed by atoms with van der Waals surface area (Å²) < 4.78 is 5.04. The van der Waals surface area contributed by atoms with Crippen LogP contribution in [0.1, 0.15) is 18.7 Å². The monoisotopic (exact) mass is 193 g/mol. The van der Waals surface area contributed by atoms with Crippen molar-refractivity contribution in [3.05, 3.63) is 18.1 Å². The molecule has 0 aliphatic rings. The first-order valence-electron chi connectivity index (χ1n) is 4.34. The van der Waals surface area contributed by atoms with Crippen LogP contribution in [0.5, 0.6) is 0 Å². The molecule has 6 heteroatoms. The number of H-pyrrole nitrogens is 1. The Morgan fingerprint density at radius 2 is 2.50 bits per heavy atom. The van der Waals surface area contributed by atoms with E-state index < -0.39 is 0 Å². The van der Waals surface area contributed by atoms with Gasteiger partial charge in [-0.3, -0.25) is 5.10 Å². The first-order chi connectivity index (χ1) is 6.81. The molecule has 2 aromatic heterocycles. The maximum atomic E-state index is 5.49. The highest BCUT2D eigenvalue weighted by Gasteiger charge is 2.13. The molecule has 0 radical (unpaired) electrons. The zero-order valence-corrected chi connectivity index (χ0v) is 7.77. The first-order valence-corrected chi connectivity index (χ1v) is 4.34. The van der Waals surface area contributed by atoms with Crippen molar-refractivity contribution in [2.75, 3.05) is 6.54 Å². The Bertz CT molecular complexity index is 394. The molecule has 2 aromatic rings. The third-order valence-corrected chi connectivity index (χ3v) is 1.97. The van der Waals surface area contributed by atoms with Crippen LogP contribution in [0, 0.1) is 0 Å². The molecular weight excluding hydrogens is 182 g/mol. The van der Waals surface area contributed by atoms with Crippen LogP contribution in [0.25, 0.3) is 11.6 Å². The Kier molecular flexibility index (Phi) is 2.28. The van der Waals surface area contributed by atoms with Crippen LogP contribution in [0.2, 0.25) is 0 Å². The lowest BCUT2D eigenvalue weighted by Gasteiger charge is -1.98. The third-order valence-electron chi connectivity index (χ3n) is 1.97. The van der Waals surface area contributed by atoms with Gasteiger partial charge in [-0.15, -0.1) is 0 Å². The van der Waals surface area contributed by atoms with Crippen molar-refractivity contribution in [2.45, 2.75) is 12.8 Å². The van der Waals surface area contributed by atoms with Gasteiger partial charge in [0.05, 0.1) is 0 Å². The van der Waals surface area contributed by atoms with Gasteiger partial charge in [-0.25, -0.2) is 0 Å². The van der Waals surface area contributed by atoms with E-state index in [0.29, 0.717) is 24.0 Å². The molecule has 0 amide bonds. The molecule has 0 aliphatic heterocycles. The van der Waals surface area contributed by atoms with E-state index in [1.165, 1.54) is 0 Å². The Balaban J connectivity index is 2.26. The van der Waals surface area contributed by atoms with E-state index in [-0.39, 0.29) is 5.92 Å². The van der Waals surface area contributed by atoms with Crippen molar-refractivity contribution < 1.29 is 4.52 Å². The molecular formula is C8H11N5O. The van der Waals surface area contributed by atoms with Crippen molar-refractivity contribution in [2.24, 2.45) is 5.73 Å². The average molecular weight is 193 g/mol. The molecule has 74 valence electrons. The molecule has 0 saturated carbocycles. The van der Waals surface area contributed by atoms with Crippen LogP contribution in [0.15, 0.2) is 16.8 Å². The largest absolute Gasteiger partial charge is 0.332 e. The van der Waals surface area contributed by atoms with E-state index in [0.717, 1.165) is 0 Å². The lowest BCUT2D eigenvalue weighted by Crippen LogP contribution is -2.10. The fourth-order valence-corrected chi connectivity index (χ4v) is 1.02. The maximum Gasteiger partial charge on any atom is 0.275 e. The van der Waals surface area contributed by atoms with Crippen molar-refractivity contribution in [3.8, 4) is 11.6 Å². The van der Waals surface area contributed by atoms with Gasteiger partial charge in [-0.05, 0) is 6.07 Å². The number of hydrogen-bond donors (Lipinski definition) is 2. The molecule has 1 atom stereocenters. The number of nitrogens with one attached hydrogen (secondary N) is 1. The minimum atomic E-state index is 0.107. The minimum Gasteiger partial charge on any atom is -0.332 e. The second kappa shape index (κ2) is 3.59. The van der Waals surface area contributed by atoms with Crippen LogP contribution in [0.3, 0.4) is 0 Å². The van der Waals surface area contributed by atoms with E-state index in [9.17, 15) is 0 Å². The molecule has 0 aromatic carbocycles. The number of aromatic amines is 1. The summed E-state index contributed by atoms with van der Waals surface area (Å²) in [6.45, 7) is 2.45. The molecule has 3 N–H and O–H groups in total. The molecule has 0 spiro atoms. The van der Waals surface area contributed by atoms with E-state index in [2.05, 4.69) is 20.3 Å². The lowest BCUT2D eigenvalue weighted by atomic mass is 10.2. The van der Waals surface area contributed by atoms with E-state index in [1.54, 1.807) is 12.3 Å². The van der Waals surface area contributed by atoms with Crippen LogP contribution >= 0.6 is 0 Å². The maximum absolute atomic E-state index is 5.49. The Morgan fingerprint density at radius 3 is 3.14 bits per heavy atom. The van der Waals surface area contributed by atoms with Gasteiger partial charge in [0.1, 0.15) is 5.69 Å². The van der Waals surface area contributed by atoms with Gasteiger partial charge in [-0.1, -0.05) is 12.1 Å². The average Bonchev–Trinajstić information content (AvgIpc) is 2.86. The van der Waals surface area contributed by atoms with E-state index in [4.69, 9.17) is 10.3 Å². The van der Waals surface area contributed by atoms with Gasteiger partial charge >= 0.3 is 0 Å². The standard InChI is InChI=1S/C8H11N5O/c1-5(4-9)7-11-8(14-13-7)6-2-3-10-12-6/h2-3,5H,4,9H2,1H3,(H,10,12). The predicted octanol–water partition coefficient (Wildman–Crippen LogP) is 0.522. The number of rotatable bonds is 3. The molecule has 0 saturated heterocycles. The third kappa shape index (κ3) is 1.51. The van der Waals surface area contributed by atoms with Gasteiger partial charge in [0.15, 0.2) is 5.82 Å². The summed E-state index contributed by atoms with van der Waals surface area (Å²) >= 11 is 0. The summed E-state index contributed by atoms with van der Waals surface area (Å²) in [5.41, 5.74) is 6.21. The zero-order chi connectivity index (χ0) is 9.97. The van der Waals surface area contributed by atoms with Gasteiger partial charge < -0.3 is 10.3 Å². The molecule has 1 unspecified atom stereocenters. The molecule has 2 heterocycles. The number of aromatic nitrogens is 4. The first kappa shape index (κ1) is 8.89. The molecule has 2 rings (SSSR count). The number of hydrogen-bond acceptors (Lipinski definition) is 5. The molecule has 6 nitrogen and oxygen atoms in total. The van der Waals surface area contributed by atoms with E-state index >= 15 is 0 Å². The van der Waals surface area contributed by atoms with Gasteiger partial charge in [-0.2, -0.15) is 10.1 Å².